The molecule has 3 unspecified atom stereocenters. The van der Waals surface area contributed by atoms with E-state index in [1.807, 2.05) is 27.2 Å². The highest BCUT2D eigenvalue weighted by Gasteiger charge is 2.23. The fraction of sp³-hybridized carbons (Fsp3) is 0.835. The van der Waals surface area contributed by atoms with E-state index in [0.717, 1.165) is 70.6 Å². The van der Waals surface area contributed by atoms with Crippen molar-refractivity contribution in [2.24, 2.45) is 0 Å². The third-order valence-electron chi connectivity index (χ3n) is 17.4. The van der Waals surface area contributed by atoms with Gasteiger partial charge in [0.05, 0.1) is 39.9 Å². The largest absolute Gasteiger partial charge is 0.756 e. The van der Waals surface area contributed by atoms with E-state index in [1.54, 1.807) is 6.08 Å². The van der Waals surface area contributed by atoms with Gasteiger partial charge in [0.2, 0.25) is 5.91 Å². The van der Waals surface area contributed by atoms with Gasteiger partial charge in [-0.15, -0.1) is 0 Å². The van der Waals surface area contributed by atoms with Crippen LogP contribution in [0.4, 0.5) is 0 Å². The van der Waals surface area contributed by atoms with Crippen LogP contribution in [-0.2, 0) is 18.4 Å². The number of carbonyl (C=O) groups is 1. The summed E-state index contributed by atoms with van der Waals surface area (Å²) in [6.07, 6.45) is 97.7. The first-order valence-electron chi connectivity index (χ1n) is 38.3. The van der Waals surface area contributed by atoms with Crippen molar-refractivity contribution in [3.05, 3.63) is 72.9 Å². The minimum atomic E-state index is -4.61. The van der Waals surface area contributed by atoms with Gasteiger partial charge in [-0.25, -0.2) is 0 Å². The highest BCUT2D eigenvalue weighted by Crippen LogP contribution is 2.38. The minimum absolute atomic E-state index is 0.000251. The second-order valence-electron chi connectivity index (χ2n) is 27.3. The molecule has 0 heterocycles. The molecular weight excluding hydrogens is 1100 g/mol. The third kappa shape index (κ3) is 71.4. The van der Waals surface area contributed by atoms with E-state index in [1.165, 1.54) is 283 Å². The third-order valence-corrected chi connectivity index (χ3v) is 18.4. The summed E-state index contributed by atoms with van der Waals surface area (Å²) >= 11 is 0. The summed E-state index contributed by atoms with van der Waals surface area (Å²) in [5.74, 6) is -0.190. The molecule has 0 aliphatic heterocycles. The van der Waals surface area contributed by atoms with Crippen molar-refractivity contribution >= 4 is 13.7 Å². The molecule has 0 spiro atoms. The van der Waals surface area contributed by atoms with Crippen LogP contribution in [0.3, 0.4) is 0 Å². The van der Waals surface area contributed by atoms with Gasteiger partial charge < -0.3 is 28.8 Å². The molecule has 0 aromatic heterocycles. The lowest BCUT2D eigenvalue weighted by Gasteiger charge is -2.29. The molecule has 0 radical (unpaired) electrons. The average molecular weight is 1250 g/mol. The number of carbonyl (C=O) groups excluding carboxylic acids is 1. The molecule has 3 atom stereocenters. The van der Waals surface area contributed by atoms with Gasteiger partial charge in [-0.3, -0.25) is 9.36 Å². The van der Waals surface area contributed by atoms with Gasteiger partial charge in [-0.05, 0) is 64.2 Å². The number of likely N-dealkylation sites (N-methyl/N-ethyl adjacent to an activating group) is 1. The summed E-state index contributed by atoms with van der Waals surface area (Å²) < 4.78 is 23.5. The number of quaternary nitrogens is 1. The van der Waals surface area contributed by atoms with Crippen LogP contribution in [0.1, 0.15) is 373 Å². The Balaban J connectivity index is 3.93. The summed E-state index contributed by atoms with van der Waals surface area (Å²) in [6, 6.07) is -0.888. The molecule has 0 rings (SSSR count). The molecule has 8 nitrogen and oxygen atoms in total. The Kier molecular flexibility index (Phi) is 67.7. The van der Waals surface area contributed by atoms with Gasteiger partial charge >= 0.3 is 0 Å². The lowest BCUT2D eigenvalue weighted by atomic mass is 10.0. The molecule has 9 heteroatoms. The number of unbranched alkanes of at least 4 members (excludes halogenated alkanes) is 48. The van der Waals surface area contributed by atoms with E-state index >= 15 is 0 Å². The maximum absolute atomic E-state index is 13.1. The summed E-state index contributed by atoms with van der Waals surface area (Å²) in [5, 5.41) is 14.0. The number of hydrogen-bond donors (Lipinski definition) is 2. The van der Waals surface area contributed by atoms with E-state index in [2.05, 4.69) is 79.9 Å². The van der Waals surface area contributed by atoms with Gasteiger partial charge in [0.15, 0.2) is 0 Å². The Morgan fingerprint density at radius 1 is 0.409 bits per heavy atom. The monoisotopic (exact) mass is 1250 g/mol. The fourth-order valence-corrected chi connectivity index (χ4v) is 12.3. The quantitative estimate of drug-likeness (QED) is 0.0272. The number of rotatable bonds is 71. The number of phosphoric acid groups is 1. The van der Waals surface area contributed by atoms with Gasteiger partial charge in [-0.1, -0.05) is 376 Å². The van der Waals surface area contributed by atoms with Crippen LogP contribution in [-0.4, -0.2) is 68.5 Å². The van der Waals surface area contributed by atoms with E-state index in [-0.39, 0.29) is 19.1 Å². The summed E-state index contributed by atoms with van der Waals surface area (Å²) in [7, 11) is 1.28. The highest BCUT2D eigenvalue weighted by atomic mass is 31.2. The van der Waals surface area contributed by atoms with Crippen molar-refractivity contribution in [1.82, 2.24) is 5.32 Å². The van der Waals surface area contributed by atoms with Crippen LogP contribution in [0.15, 0.2) is 72.9 Å². The Hall–Kier alpha value is -2.06. The number of hydrogen-bond acceptors (Lipinski definition) is 6. The first-order chi connectivity index (χ1) is 43.0. The topological polar surface area (TPSA) is 108 Å². The summed E-state index contributed by atoms with van der Waals surface area (Å²) in [6.45, 7) is 4.59. The highest BCUT2D eigenvalue weighted by molar-refractivity contribution is 7.45. The lowest BCUT2D eigenvalue weighted by molar-refractivity contribution is -0.870. The average Bonchev–Trinajstić information content (AvgIpc) is 3.71. The molecule has 0 aliphatic rings. The summed E-state index contributed by atoms with van der Waals surface area (Å²) in [4.78, 5) is 25.7. The second-order valence-corrected chi connectivity index (χ2v) is 28.7. The molecule has 2 N–H and O–H groups in total. The molecule has 88 heavy (non-hydrogen) atoms. The van der Waals surface area contributed by atoms with Crippen LogP contribution < -0.4 is 10.2 Å². The molecule has 0 aromatic carbocycles. The molecule has 1 amide bonds. The number of allylic oxidation sites excluding steroid dienone is 11. The molecule has 0 aromatic rings. The van der Waals surface area contributed by atoms with Crippen LogP contribution in [0, 0.1) is 0 Å². The Morgan fingerprint density at radius 2 is 0.693 bits per heavy atom. The lowest BCUT2D eigenvalue weighted by Crippen LogP contribution is -2.45. The zero-order chi connectivity index (χ0) is 64.1. The number of nitrogens with zero attached hydrogens (tertiary/aromatic N) is 1. The first kappa shape index (κ1) is 85.9. The predicted octanol–water partition coefficient (Wildman–Crippen LogP) is 24.3. The maximum Gasteiger partial charge on any atom is 0.268 e. The zero-order valence-electron chi connectivity index (χ0n) is 59.2. The maximum atomic E-state index is 13.1. The zero-order valence-corrected chi connectivity index (χ0v) is 60.1. The van der Waals surface area contributed by atoms with Crippen molar-refractivity contribution in [3.8, 4) is 0 Å². The van der Waals surface area contributed by atoms with Crippen LogP contribution in [0.2, 0.25) is 0 Å². The molecular formula is C79H149N2O6P. The predicted molar refractivity (Wildman–Crippen MR) is 385 cm³/mol. The van der Waals surface area contributed by atoms with Gasteiger partial charge in [-0.2, -0.15) is 0 Å². The van der Waals surface area contributed by atoms with Gasteiger partial charge in [0.1, 0.15) is 13.2 Å². The van der Waals surface area contributed by atoms with E-state index in [4.69, 9.17) is 9.05 Å². The molecule has 516 valence electrons. The molecule has 0 saturated carbocycles. The molecule has 0 aliphatic carbocycles. The smallest absolute Gasteiger partial charge is 0.268 e. The van der Waals surface area contributed by atoms with Crippen LogP contribution in [0.25, 0.3) is 0 Å². The fourth-order valence-electron chi connectivity index (χ4n) is 11.5. The first-order valence-corrected chi connectivity index (χ1v) is 39.8. The van der Waals surface area contributed by atoms with Crippen LogP contribution >= 0.6 is 7.82 Å². The van der Waals surface area contributed by atoms with Crippen molar-refractivity contribution in [2.75, 3.05) is 40.9 Å². The molecule has 0 saturated heterocycles. The van der Waals surface area contributed by atoms with E-state index < -0.39 is 20.0 Å². The van der Waals surface area contributed by atoms with Gasteiger partial charge in [0.25, 0.3) is 7.82 Å². The number of aliphatic hydroxyl groups is 1. The van der Waals surface area contributed by atoms with Crippen molar-refractivity contribution < 1.29 is 32.9 Å². The minimum Gasteiger partial charge on any atom is -0.756 e. The number of nitrogens with one attached hydrogen (secondary N) is 1. The number of phosphoric ester groups is 1. The second kappa shape index (κ2) is 69.3. The van der Waals surface area contributed by atoms with E-state index in [9.17, 15) is 19.4 Å². The summed E-state index contributed by atoms with van der Waals surface area (Å²) in [5.41, 5.74) is 0. The number of amides is 1. The SMILES string of the molecule is CC/C=C\C/C=C\C/C=C\C/C=C\C/C=C\CCCCCCCCCCCCCCCCCCCCCCCCCCCC(=O)NC(COP(=O)([O-])OCC[N+](C)(C)C)C(O)/C=C/CCCCCCCCCCCCCCCCCCCCCCCCC. The van der Waals surface area contributed by atoms with Crippen molar-refractivity contribution in [3.63, 3.8) is 0 Å². The molecule has 0 bridgehead atoms. The Morgan fingerprint density at radius 3 is 1.01 bits per heavy atom. The van der Waals surface area contributed by atoms with Crippen LogP contribution in [0.5, 0.6) is 0 Å². The van der Waals surface area contributed by atoms with Crippen molar-refractivity contribution in [1.29, 1.82) is 0 Å². The Bertz CT molecular complexity index is 1670. The standard InChI is InChI=1S/C79H149N2O6P/c1-6-8-10-12-14-16-18-20-22-24-26-28-30-32-33-34-35-36-37-38-39-40-41-42-43-44-45-46-47-49-51-53-55-57-59-61-63-65-67-69-71-73-79(83)80-77(76-87-88(84,85)86-75-74-81(3,4)5)78(82)72-70-68-66-64-62-60-58-56-54-52-50-48-31-29-27-25-23-21-19-17-15-13-11-9-7-2/h8,10,14,16,20,22,26,28,32-33,70,72,77-78,82H,6-7,9,11-13,15,17-19,21,23-25,27,29-31,34-69,71,73-76H2,1-5H3,(H-,80,83,84,85)/b10-8-,16-14-,22-20-,28-26-,33-32-,72-70+. The van der Waals surface area contributed by atoms with Gasteiger partial charge in [0, 0.05) is 6.42 Å². The number of aliphatic hydroxyl groups excluding tert-OH is 1. The molecule has 0 fully saturated rings. The normalized spacial score (nSPS) is 13.9. The Labute approximate surface area is 548 Å². The van der Waals surface area contributed by atoms with Crippen molar-refractivity contribution in [2.45, 2.75) is 386 Å². The van der Waals surface area contributed by atoms with E-state index in [0.29, 0.717) is 17.4 Å².